The van der Waals surface area contributed by atoms with Crippen molar-refractivity contribution in [2.45, 2.75) is 70.8 Å². The van der Waals surface area contributed by atoms with Crippen LogP contribution in [0.25, 0.3) is 0 Å². The van der Waals surface area contributed by atoms with E-state index in [0.29, 0.717) is 6.04 Å². The van der Waals surface area contributed by atoms with Gasteiger partial charge in [0.1, 0.15) is 0 Å². The maximum absolute atomic E-state index is 5.53. The summed E-state index contributed by atoms with van der Waals surface area (Å²) >= 11 is 0. The zero-order valence-corrected chi connectivity index (χ0v) is 9.60. The molecule has 2 heteroatoms. The molecule has 1 saturated carbocycles. The van der Waals surface area contributed by atoms with E-state index in [4.69, 9.17) is 5.84 Å². The smallest absolute Gasteiger partial charge is 0.0210 e. The van der Waals surface area contributed by atoms with Crippen LogP contribution in [0.15, 0.2) is 0 Å². The van der Waals surface area contributed by atoms with Crippen molar-refractivity contribution in [1.29, 1.82) is 0 Å². The summed E-state index contributed by atoms with van der Waals surface area (Å²) in [4.78, 5) is 0. The van der Waals surface area contributed by atoms with Gasteiger partial charge < -0.3 is 0 Å². The number of hydrogen-bond donors (Lipinski definition) is 2. The number of rotatable bonds is 1. The van der Waals surface area contributed by atoms with Crippen LogP contribution in [0.4, 0.5) is 0 Å². The molecule has 1 aliphatic rings. The van der Waals surface area contributed by atoms with Gasteiger partial charge in [-0.1, -0.05) is 51.9 Å². The van der Waals surface area contributed by atoms with E-state index in [2.05, 4.69) is 12.3 Å². The predicted octanol–water partition coefficient (Wildman–Crippen LogP) is 2.98. The van der Waals surface area contributed by atoms with Crippen molar-refractivity contribution < 1.29 is 0 Å². The molecule has 0 aliphatic heterocycles. The fraction of sp³-hybridized carbons (Fsp3) is 1.00. The maximum atomic E-state index is 5.53. The summed E-state index contributed by atoms with van der Waals surface area (Å²) in [6, 6.07) is 0.573. The fourth-order valence-corrected chi connectivity index (χ4v) is 2.40. The Morgan fingerprint density at radius 3 is 2.00 bits per heavy atom. The Kier molecular flexibility index (Phi) is 6.20. The van der Waals surface area contributed by atoms with Crippen molar-refractivity contribution in [1.82, 2.24) is 5.43 Å². The molecule has 0 aromatic heterocycles. The van der Waals surface area contributed by atoms with Crippen LogP contribution in [0.5, 0.6) is 0 Å². The van der Waals surface area contributed by atoms with E-state index in [1.54, 1.807) is 0 Å². The van der Waals surface area contributed by atoms with E-state index in [9.17, 15) is 0 Å². The minimum atomic E-state index is 0.573. The summed E-state index contributed by atoms with van der Waals surface area (Å²) in [6.45, 7) is 2.40. The molecule has 84 valence electrons. The van der Waals surface area contributed by atoms with Gasteiger partial charge in [0.2, 0.25) is 0 Å². The van der Waals surface area contributed by atoms with E-state index in [0.717, 1.165) is 5.92 Å². The van der Waals surface area contributed by atoms with Gasteiger partial charge in [0.05, 0.1) is 0 Å². The maximum Gasteiger partial charge on any atom is 0.0210 e. The Hall–Kier alpha value is -0.0800. The molecule has 14 heavy (non-hydrogen) atoms. The van der Waals surface area contributed by atoms with Crippen molar-refractivity contribution in [3.8, 4) is 0 Å². The first-order chi connectivity index (χ1) is 6.83. The number of hydrazine groups is 1. The molecule has 2 nitrogen and oxygen atoms in total. The Balaban J connectivity index is 2.26. The molecule has 2 atom stereocenters. The van der Waals surface area contributed by atoms with E-state index < -0.39 is 0 Å². The summed E-state index contributed by atoms with van der Waals surface area (Å²) in [6.07, 6.45) is 12.3. The lowest BCUT2D eigenvalue weighted by molar-refractivity contribution is 0.425. The number of nitrogens with two attached hydrogens (primary N) is 1. The standard InChI is InChI=1S/C12H26N2/c1-11-7-3-2-4-9-12(14-13)10-6-5-8-11/h11-12,14H,2-10,13H2,1H3. The fourth-order valence-electron chi connectivity index (χ4n) is 2.40. The molecule has 1 rings (SSSR count). The van der Waals surface area contributed by atoms with Gasteiger partial charge in [-0.25, -0.2) is 0 Å². The summed E-state index contributed by atoms with van der Waals surface area (Å²) in [5, 5.41) is 0. The van der Waals surface area contributed by atoms with Crippen LogP contribution in [-0.4, -0.2) is 6.04 Å². The second-order valence-electron chi connectivity index (χ2n) is 4.89. The molecule has 2 unspecified atom stereocenters. The Morgan fingerprint density at radius 1 is 0.857 bits per heavy atom. The molecule has 0 aromatic carbocycles. The first-order valence-corrected chi connectivity index (χ1v) is 6.29. The van der Waals surface area contributed by atoms with Gasteiger partial charge in [-0.2, -0.15) is 0 Å². The highest BCUT2D eigenvalue weighted by Crippen LogP contribution is 2.20. The summed E-state index contributed by atoms with van der Waals surface area (Å²) in [7, 11) is 0. The van der Waals surface area contributed by atoms with E-state index >= 15 is 0 Å². The van der Waals surface area contributed by atoms with Crippen molar-refractivity contribution in [2.24, 2.45) is 11.8 Å². The van der Waals surface area contributed by atoms with Crippen LogP contribution in [0, 0.1) is 5.92 Å². The summed E-state index contributed by atoms with van der Waals surface area (Å²) in [5.74, 6) is 6.47. The Labute approximate surface area is 88.6 Å². The lowest BCUT2D eigenvalue weighted by atomic mass is 9.97. The van der Waals surface area contributed by atoms with Crippen molar-refractivity contribution in [3.05, 3.63) is 0 Å². The van der Waals surface area contributed by atoms with Gasteiger partial charge in [0.15, 0.2) is 0 Å². The Bertz CT molecular complexity index is 136. The minimum Gasteiger partial charge on any atom is -0.271 e. The highest BCUT2D eigenvalue weighted by atomic mass is 15.2. The highest BCUT2D eigenvalue weighted by molar-refractivity contribution is 4.66. The minimum absolute atomic E-state index is 0.573. The molecule has 0 heterocycles. The highest BCUT2D eigenvalue weighted by Gasteiger charge is 2.09. The zero-order valence-electron chi connectivity index (χ0n) is 9.60. The normalized spacial score (nSPS) is 32.1. The molecule has 0 amide bonds. The second-order valence-corrected chi connectivity index (χ2v) is 4.89. The van der Waals surface area contributed by atoms with E-state index in [-0.39, 0.29) is 0 Å². The largest absolute Gasteiger partial charge is 0.271 e. The van der Waals surface area contributed by atoms with Crippen LogP contribution in [0.2, 0.25) is 0 Å². The van der Waals surface area contributed by atoms with Gasteiger partial charge in [0, 0.05) is 6.04 Å². The molecule has 3 N–H and O–H groups in total. The number of nitrogens with one attached hydrogen (secondary N) is 1. The van der Waals surface area contributed by atoms with Crippen molar-refractivity contribution in [2.75, 3.05) is 0 Å². The van der Waals surface area contributed by atoms with Crippen LogP contribution < -0.4 is 11.3 Å². The quantitative estimate of drug-likeness (QED) is 0.502. The van der Waals surface area contributed by atoms with E-state index in [1.165, 1.54) is 57.8 Å². The molecule has 1 aliphatic carbocycles. The SMILES string of the molecule is CC1CCCCCC(NN)CCCC1. The third-order valence-corrected chi connectivity index (χ3v) is 3.48. The van der Waals surface area contributed by atoms with Gasteiger partial charge >= 0.3 is 0 Å². The Morgan fingerprint density at radius 2 is 1.36 bits per heavy atom. The van der Waals surface area contributed by atoms with Gasteiger partial charge in [-0.05, 0) is 18.8 Å². The third-order valence-electron chi connectivity index (χ3n) is 3.48. The molecule has 0 aromatic rings. The lowest BCUT2D eigenvalue weighted by Gasteiger charge is -2.14. The van der Waals surface area contributed by atoms with Crippen molar-refractivity contribution in [3.63, 3.8) is 0 Å². The van der Waals surface area contributed by atoms with Gasteiger partial charge in [-0.3, -0.25) is 11.3 Å². The van der Waals surface area contributed by atoms with Crippen LogP contribution in [0.1, 0.15) is 64.7 Å². The average Bonchev–Trinajstić information content (AvgIpc) is 2.23. The van der Waals surface area contributed by atoms with Crippen LogP contribution in [-0.2, 0) is 0 Å². The monoisotopic (exact) mass is 198 g/mol. The van der Waals surface area contributed by atoms with Crippen LogP contribution in [0.3, 0.4) is 0 Å². The first-order valence-electron chi connectivity index (χ1n) is 6.29. The molecule has 0 radical (unpaired) electrons. The first kappa shape index (κ1) is 12.0. The predicted molar refractivity (Wildman–Crippen MR) is 61.8 cm³/mol. The third kappa shape index (κ3) is 4.97. The average molecular weight is 198 g/mol. The lowest BCUT2D eigenvalue weighted by Crippen LogP contribution is -2.34. The van der Waals surface area contributed by atoms with E-state index in [1.807, 2.05) is 0 Å². The summed E-state index contributed by atoms with van der Waals surface area (Å²) < 4.78 is 0. The second kappa shape index (κ2) is 7.24. The van der Waals surface area contributed by atoms with Gasteiger partial charge in [-0.15, -0.1) is 0 Å². The molecule has 1 fully saturated rings. The van der Waals surface area contributed by atoms with Crippen LogP contribution >= 0.6 is 0 Å². The number of hydrogen-bond acceptors (Lipinski definition) is 2. The van der Waals surface area contributed by atoms with Gasteiger partial charge in [0.25, 0.3) is 0 Å². The topological polar surface area (TPSA) is 38.0 Å². The molecule has 0 spiro atoms. The molecule has 0 saturated heterocycles. The summed E-state index contributed by atoms with van der Waals surface area (Å²) in [5.41, 5.74) is 2.95. The molecule has 0 bridgehead atoms. The molecular formula is C12H26N2. The van der Waals surface area contributed by atoms with Crippen molar-refractivity contribution >= 4 is 0 Å². The molecular weight excluding hydrogens is 172 g/mol. The zero-order chi connectivity index (χ0) is 10.2.